The lowest BCUT2D eigenvalue weighted by Gasteiger charge is -2.35. The van der Waals surface area contributed by atoms with Crippen LogP contribution in [0.25, 0.3) is 0 Å². The summed E-state index contributed by atoms with van der Waals surface area (Å²) in [4.78, 5) is 12.7. The molecule has 0 aliphatic heterocycles. The Morgan fingerprint density at radius 1 is 1.72 bits per heavy atom. The minimum Gasteiger partial charge on any atom is -0.319 e. The molecule has 0 saturated heterocycles. The standard InChI is InChI=1S/C13H20BrN3O/c1-3-17-11(10(14)8-16-17)12(18)13(15)6-4-5-9(2)7-13/h8-9H,3-7,15H2,1-2H3. The predicted octanol–water partition coefficient (Wildman–Crippen LogP) is 2.76. The molecule has 0 bridgehead atoms. The van der Waals surface area contributed by atoms with E-state index in [1.807, 2.05) is 6.92 Å². The van der Waals surface area contributed by atoms with Crippen molar-refractivity contribution in [3.8, 4) is 0 Å². The first kappa shape index (κ1) is 13.7. The Kier molecular flexibility index (Phi) is 3.92. The fourth-order valence-electron chi connectivity index (χ4n) is 2.86. The third-order valence-corrected chi connectivity index (χ3v) is 4.37. The molecule has 1 saturated carbocycles. The SMILES string of the molecule is CCn1ncc(Br)c1C(=O)C1(N)CCCC(C)C1. The molecule has 2 N–H and O–H groups in total. The van der Waals surface area contributed by atoms with Crippen LogP contribution in [0.3, 0.4) is 0 Å². The van der Waals surface area contributed by atoms with E-state index in [1.54, 1.807) is 10.9 Å². The molecule has 1 aromatic rings. The molecule has 1 fully saturated rings. The van der Waals surface area contributed by atoms with Crippen LogP contribution in [0, 0.1) is 5.92 Å². The zero-order valence-electron chi connectivity index (χ0n) is 10.9. The summed E-state index contributed by atoms with van der Waals surface area (Å²) < 4.78 is 2.47. The summed E-state index contributed by atoms with van der Waals surface area (Å²) in [7, 11) is 0. The zero-order chi connectivity index (χ0) is 13.3. The van der Waals surface area contributed by atoms with Crippen LogP contribution < -0.4 is 5.73 Å². The first-order valence-electron chi connectivity index (χ1n) is 6.53. The third-order valence-electron chi connectivity index (χ3n) is 3.79. The monoisotopic (exact) mass is 313 g/mol. The molecule has 0 amide bonds. The number of halogens is 1. The van der Waals surface area contributed by atoms with E-state index in [9.17, 15) is 4.79 Å². The fourth-order valence-corrected chi connectivity index (χ4v) is 3.34. The van der Waals surface area contributed by atoms with Crippen molar-refractivity contribution in [1.29, 1.82) is 0 Å². The van der Waals surface area contributed by atoms with Crippen LogP contribution in [0.4, 0.5) is 0 Å². The van der Waals surface area contributed by atoms with E-state index >= 15 is 0 Å². The molecule has 18 heavy (non-hydrogen) atoms. The fraction of sp³-hybridized carbons (Fsp3) is 0.692. The van der Waals surface area contributed by atoms with Gasteiger partial charge >= 0.3 is 0 Å². The van der Waals surface area contributed by atoms with Gasteiger partial charge in [-0.25, -0.2) is 0 Å². The van der Waals surface area contributed by atoms with Crippen LogP contribution in [0.2, 0.25) is 0 Å². The highest BCUT2D eigenvalue weighted by molar-refractivity contribution is 9.10. The molecule has 5 heteroatoms. The highest BCUT2D eigenvalue weighted by Crippen LogP contribution is 2.34. The van der Waals surface area contributed by atoms with E-state index in [-0.39, 0.29) is 5.78 Å². The Morgan fingerprint density at radius 2 is 2.44 bits per heavy atom. The van der Waals surface area contributed by atoms with Gasteiger partial charge < -0.3 is 5.73 Å². The lowest BCUT2D eigenvalue weighted by atomic mass is 9.74. The second kappa shape index (κ2) is 5.13. The van der Waals surface area contributed by atoms with Crippen LogP contribution in [0.15, 0.2) is 10.7 Å². The smallest absolute Gasteiger partial charge is 0.201 e. The van der Waals surface area contributed by atoms with Crippen LogP contribution in [0.5, 0.6) is 0 Å². The lowest BCUT2D eigenvalue weighted by Crippen LogP contribution is -2.51. The first-order valence-corrected chi connectivity index (χ1v) is 7.32. The summed E-state index contributed by atoms with van der Waals surface area (Å²) in [5, 5.41) is 4.19. The van der Waals surface area contributed by atoms with Crippen LogP contribution in [0.1, 0.15) is 50.0 Å². The summed E-state index contributed by atoms with van der Waals surface area (Å²) in [6, 6.07) is 0. The molecule has 4 nitrogen and oxygen atoms in total. The summed E-state index contributed by atoms with van der Waals surface area (Å²) in [5.41, 5.74) is 6.27. The Hall–Kier alpha value is -0.680. The van der Waals surface area contributed by atoms with Crippen molar-refractivity contribution in [3.63, 3.8) is 0 Å². The van der Waals surface area contributed by atoms with Gasteiger partial charge in [-0.1, -0.05) is 19.8 Å². The van der Waals surface area contributed by atoms with Gasteiger partial charge in [0, 0.05) is 6.54 Å². The number of hydrogen-bond acceptors (Lipinski definition) is 3. The number of aryl methyl sites for hydroxylation is 1. The molecule has 1 heterocycles. The van der Waals surface area contributed by atoms with E-state index in [4.69, 9.17) is 5.73 Å². The summed E-state index contributed by atoms with van der Waals surface area (Å²) in [6.45, 7) is 4.82. The largest absolute Gasteiger partial charge is 0.319 e. The van der Waals surface area contributed by atoms with Gasteiger partial charge in [0.15, 0.2) is 0 Å². The number of carbonyl (C=O) groups is 1. The number of carbonyl (C=O) groups excluding carboxylic acids is 1. The summed E-state index contributed by atoms with van der Waals surface area (Å²) >= 11 is 3.40. The maximum absolute atomic E-state index is 12.7. The highest BCUT2D eigenvalue weighted by Gasteiger charge is 2.40. The van der Waals surface area contributed by atoms with E-state index in [0.717, 1.165) is 23.7 Å². The molecule has 0 aromatic carbocycles. The number of hydrogen-bond donors (Lipinski definition) is 1. The molecule has 100 valence electrons. The molecule has 1 aliphatic rings. The molecule has 1 aromatic heterocycles. The Bertz CT molecular complexity index is 457. The van der Waals surface area contributed by atoms with Crippen LogP contribution in [-0.4, -0.2) is 21.1 Å². The van der Waals surface area contributed by atoms with Crippen molar-refractivity contribution in [1.82, 2.24) is 9.78 Å². The first-order chi connectivity index (χ1) is 8.48. The van der Waals surface area contributed by atoms with Gasteiger partial charge in [-0.3, -0.25) is 9.48 Å². The highest BCUT2D eigenvalue weighted by atomic mass is 79.9. The average molecular weight is 314 g/mol. The van der Waals surface area contributed by atoms with Crippen molar-refractivity contribution in [2.45, 2.75) is 51.6 Å². The molecular formula is C13H20BrN3O. The van der Waals surface area contributed by atoms with Gasteiger partial charge in [0.2, 0.25) is 5.78 Å². The molecule has 2 unspecified atom stereocenters. The molecule has 1 aliphatic carbocycles. The van der Waals surface area contributed by atoms with Gasteiger partial charge in [0.25, 0.3) is 0 Å². The summed E-state index contributed by atoms with van der Waals surface area (Å²) in [5.74, 6) is 0.546. The Balaban J connectivity index is 2.32. The van der Waals surface area contributed by atoms with Gasteiger partial charge in [-0.05, 0) is 41.6 Å². The van der Waals surface area contributed by atoms with Crippen LogP contribution >= 0.6 is 15.9 Å². The second-order valence-electron chi connectivity index (χ2n) is 5.34. The van der Waals surface area contributed by atoms with E-state index in [1.165, 1.54) is 6.42 Å². The van der Waals surface area contributed by atoms with Gasteiger partial charge in [0.1, 0.15) is 5.69 Å². The number of nitrogens with two attached hydrogens (primary N) is 1. The van der Waals surface area contributed by atoms with E-state index in [0.29, 0.717) is 18.2 Å². The van der Waals surface area contributed by atoms with E-state index < -0.39 is 5.54 Å². The van der Waals surface area contributed by atoms with E-state index in [2.05, 4.69) is 28.0 Å². The number of aromatic nitrogens is 2. The molecule has 2 rings (SSSR count). The van der Waals surface area contributed by atoms with Crippen molar-refractivity contribution in [2.75, 3.05) is 0 Å². The topological polar surface area (TPSA) is 60.9 Å². The maximum Gasteiger partial charge on any atom is 0.201 e. The molecular weight excluding hydrogens is 294 g/mol. The Labute approximate surface area is 116 Å². The minimum absolute atomic E-state index is 0.0280. The predicted molar refractivity (Wildman–Crippen MR) is 74.5 cm³/mol. The summed E-state index contributed by atoms with van der Waals surface area (Å²) in [6.07, 6.45) is 5.42. The van der Waals surface area contributed by atoms with Gasteiger partial charge in [0.05, 0.1) is 16.2 Å². The average Bonchev–Trinajstić information content (AvgIpc) is 2.69. The number of ketones is 1. The number of nitrogens with zero attached hydrogens (tertiary/aromatic N) is 2. The molecule has 0 spiro atoms. The van der Waals surface area contributed by atoms with Crippen molar-refractivity contribution >= 4 is 21.7 Å². The number of rotatable bonds is 3. The Morgan fingerprint density at radius 3 is 3.06 bits per heavy atom. The van der Waals surface area contributed by atoms with Gasteiger partial charge in [-0.15, -0.1) is 0 Å². The normalized spacial score (nSPS) is 28.3. The lowest BCUT2D eigenvalue weighted by molar-refractivity contribution is 0.0807. The number of Topliss-reactive ketones (excluding diaryl/α,β-unsaturated/α-hetero) is 1. The van der Waals surface area contributed by atoms with Gasteiger partial charge in [-0.2, -0.15) is 5.10 Å². The third kappa shape index (κ3) is 2.38. The van der Waals surface area contributed by atoms with Crippen molar-refractivity contribution in [2.24, 2.45) is 11.7 Å². The van der Waals surface area contributed by atoms with Crippen molar-refractivity contribution in [3.05, 3.63) is 16.4 Å². The minimum atomic E-state index is -0.715. The maximum atomic E-state index is 12.7. The quantitative estimate of drug-likeness (QED) is 0.873. The van der Waals surface area contributed by atoms with Crippen LogP contribution in [-0.2, 0) is 6.54 Å². The zero-order valence-corrected chi connectivity index (χ0v) is 12.5. The molecule has 0 radical (unpaired) electrons. The molecule has 2 atom stereocenters. The second-order valence-corrected chi connectivity index (χ2v) is 6.20. The van der Waals surface area contributed by atoms with Crippen molar-refractivity contribution < 1.29 is 4.79 Å².